The van der Waals surface area contributed by atoms with E-state index in [0.717, 1.165) is 51.4 Å². The van der Waals surface area contributed by atoms with Gasteiger partial charge >= 0.3 is 58.9 Å². The minimum atomic E-state index is -5.39. The van der Waals surface area contributed by atoms with E-state index in [4.69, 9.17) is 28.7 Å². The van der Waals surface area contributed by atoms with Gasteiger partial charge in [-0.3, -0.25) is 9.59 Å². The monoisotopic (exact) mass is 591 g/mol. The van der Waals surface area contributed by atoms with Gasteiger partial charge in [0.15, 0.2) is 5.25 Å². The summed E-state index contributed by atoms with van der Waals surface area (Å²) in [6, 6.07) is 0. The molecule has 0 aromatic rings. The molecule has 0 spiro atoms. The van der Waals surface area contributed by atoms with E-state index >= 15 is 0 Å². The molecule has 0 N–H and O–H groups in total. The van der Waals surface area contributed by atoms with E-state index in [0.29, 0.717) is 0 Å². The molecule has 201 valence electrons. The molecule has 11 nitrogen and oxygen atoms in total. The van der Waals surface area contributed by atoms with Crippen molar-refractivity contribution in [3.05, 3.63) is 0 Å². The van der Waals surface area contributed by atoms with Crippen molar-refractivity contribution in [2.45, 2.75) is 90.7 Å². The molecule has 0 fully saturated rings. The first kappa shape index (κ1) is 42.6. The topological polar surface area (TPSA) is 196 Å². The van der Waals surface area contributed by atoms with Gasteiger partial charge in [-0.15, -0.1) is 0 Å². The average molecular weight is 592 g/mol. The van der Waals surface area contributed by atoms with Crippen LogP contribution in [-0.4, -0.2) is 43.4 Å². The summed E-state index contributed by atoms with van der Waals surface area (Å²) in [4.78, 5) is 49.8. The number of carbonyl (C=O) groups excluding carboxylic acids is 2. The second-order valence-electron chi connectivity index (χ2n) is 7.78. The van der Waals surface area contributed by atoms with Crippen LogP contribution in [0, 0.1) is 11.8 Å². The largest absolute Gasteiger partial charge is 3.00 e. The predicted molar refractivity (Wildman–Crippen MR) is 114 cm³/mol. The number of hydrogen-bond donors (Lipinski definition) is 0. The number of carbonyl (C=O) groups is 2. The molecule has 0 aliphatic heterocycles. The fourth-order valence-corrected chi connectivity index (χ4v) is 3.46. The summed E-state index contributed by atoms with van der Waals surface area (Å²) < 4.78 is 53.1. The van der Waals surface area contributed by atoms with E-state index in [-0.39, 0.29) is 72.0 Å². The first-order valence-corrected chi connectivity index (χ1v) is 14.1. The molecule has 0 bridgehead atoms. The van der Waals surface area contributed by atoms with Crippen LogP contribution >= 0.6 is 7.82 Å². The third kappa shape index (κ3) is 27.3. The number of ether oxygens (including phenoxy) is 2. The summed E-state index contributed by atoms with van der Waals surface area (Å²) >= 11 is 0. The summed E-state index contributed by atoms with van der Waals surface area (Å²) in [5.41, 5.74) is 0. The van der Waals surface area contributed by atoms with Gasteiger partial charge in [0.2, 0.25) is 0 Å². The van der Waals surface area contributed by atoms with Crippen molar-refractivity contribution in [3.63, 3.8) is 0 Å². The average Bonchev–Trinajstić information content (AvgIpc) is 2.70. The van der Waals surface area contributed by atoms with Gasteiger partial charge in [0, 0.05) is 0 Å². The van der Waals surface area contributed by atoms with Crippen LogP contribution in [0.2, 0.25) is 0 Å². The van der Waals surface area contributed by atoms with Crippen LogP contribution in [-0.2, 0) is 51.1 Å². The summed E-state index contributed by atoms with van der Waals surface area (Å²) in [6.07, 6.45) is 6.58. The van der Waals surface area contributed by atoms with Crippen molar-refractivity contribution in [2.24, 2.45) is 11.8 Å². The minimum absolute atomic E-state index is 0. The molecule has 15 heteroatoms. The van der Waals surface area contributed by atoms with Crippen LogP contribution < -0.4 is 44.2 Å². The summed E-state index contributed by atoms with van der Waals surface area (Å²) in [5, 5.41) is -2.06. The smallest absolute Gasteiger partial charge is 0.822 e. The van der Waals surface area contributed by atoms with Crippen LogP contribution in [0.25, 0.3) is 0 Å². The SMILES string of the molecule is CCCCC(CC)COC(=O)CC(C(=O)OCC(CC)CCCC)S(=O)(=O)[O-].O=P([O-])([O-])[O-].[Cr+3].[Na+]. The molecule has 0 amide bonds. The van der Waals surface area contributed by atoms with Gasteiger partial charge in [0.1, 0.15) is 10.1 Å². The van der Waals surface area contributed by atoms with Gasteiger partial charge in [-0.25, -0.2) is 8.42 Å². The van der Waals surface area contributed by atoms with Crippen molar-refractivity contribution >= 4 is 29.9 Å². The van der Waals surface area contributed by atoms with Gasteiger partial charge < -0.3 is 33.3 Å². The quantitative estimate of drug-likeness (QED) is 0.0832. The van der Waals surface area contributed by atoms with Gasteiger partial charge in [0.25, 0.3) is 0 Å². The molecule has 0 rings (SSSR count). The Balaban J connectivity index is -0.000000619. The number of unbranched alkanes of at least 4 members (excludes halogenated alkanes) is 2. The van der Waals surface area contributed by atoms with E-state index in [9.17, 15) is 22.6 Å². The zero-order valence-corrected chi connectivity index (χ0v) is 26.3. The first-order chi connectivity index (χ1) is 15.2. The Bertz CT molecular complexity index is 695. The summed E-state index contributed by atoms with van der Waals surface area (Å²) in [7, 11) is -10.4. The molecule has 0 aromatic carbocycles. The van der Waals surface area contributed by atoms with Crippen LogP contribution in [0.3, 0.4) is 0 Å². The van der Waals surface area contributed by atoms with Crippen molar-refractivity contribution in [3.8, 4) is 0 Å². The minimum Gasteiger partial charge on any atom is -0.822 e. The Hall–Kier alpha value is 0.492. The molecule has 0 aromatic heterocycles. The summed E-state index contributed by atoms with van der Waals surface area (Å²) in [5.74, 6) is -1.74. The molecule has 3 unspecified atom stereocenters. The first-order valence-electron chi connectivity index (χ1n) is 11.2. The third-order valence-corrected chi connectivity index (χ3v) is 6.05. The van der Waals surface area contributed by atoms with Gasteiger partial charge in [-0.2, -0.15) is 7.82 Å². The standard InChI is InChI=1S/C20H38O7S.Cr.Na.H3O4P/c1-5-9-11-16(7-3)14-26-19(21)13-18(28(23,24)25)20(22)27-15-17(8-4)12-10-6-2;;;1-5(2,3)4/h16-18H,5-15H2,1-4H3,(H,23,24,25);;;(H3,1,2,3,4)/q;+3;+1;/p-4. The second-order valence-corrected chi connectivity index (χ2v) is 10.2. The molecule has 35 heavy (non-hydrogen) atoms. The van der Waals surface area contributed by atoms with Crippen LogP contribution in [0.4, 0.5) is 0 Å². The number of esters is 2. The Labute approximate surface area is 242 Å². The van der Waals surface area contributed by atoms with Crippen molar-refractivity contribution in [1.82, 2.24) is 0 Å². The molecule has 0 aliphatic rings. The van der Waals surface area contributed by atoms with Crippen LogP contribution in [0.5, 0.6) is 0 Å². The Kier molecular flexibility index (Phi) is 28.7. The molecule has 1 radical (unpaired) electrons. The maximum atomic E-state index is 12.1. The molecule has 0 saturated heterocycles. The van der Waals surface area contributed by atoms with Crippen molar-refractivity contribution < 1.29 is 98.2 Å². The molecule has 3 atom stereocenters. The molecule has 0 saturated carbocycles. The van der Waals surface area contributed by atoms with E-state index in [1.807, 2.05) is 13.8 Å². The zero-order chi connectivity index (χ0) is 26.1. The fraction of sp³-hybridized carbons (Fsp3) is 0.900. The van der Waals surface area contributed by atoms with Gasteiger partial charge in [-0.05, 0) is 24.7 Å². The zero-order valence-electron chi connectivity index (χ0n) is 21.3. The predicted octanol–water partition coefficient (Wildman–Crippen LogP) is -2.01. The number of phosphoric acid groups is 1. The molecule has 0 aliphatic carbocycles. The van der Waals surface area contributed by atoms with Gasteiger partial charge in [-0.1, -0.05) is 66.2 Å². The molecular weight excluding hydrogens is 554 g/mol. The second kappa shape index (κ2) is 23.6. The number of rotatable bonds is 16. The summed E-state index contributed by atoms with van der Waals surface area (Å²) in [6.45, 7) is 8.26. The van der Waals surface area contributed by atoms with Gasteiger partial charge in [0.05, 0.1) is 19.6 Å². The molecule has 0 heterocycles. The Morgan fingerprint density at radius 1 is 0.857 bits per heavy atom. The maximum Gasteiger partial charge on any atom is 3.00 e. The fourth-order valence-electron chi connectivity index (χ4n) is 2.81. The van der Waals surface area contributed by atoms with Crippen molar-refractivity contribution in [1.29, 1.82) is 0 Å². The maximum absolute atomic E-state index is 12.1. The Morgan fingerprint density at radius 3 is 1.54 bits per heavy atom. The van der Waals surface area contributed by atoms with E-state index in [2.05, 4.69) is 13.8 Å². The molecular formula is C20H37CrNaO11PS. The van der Waals surface area contributed by atoms with E-state index in [1.165, 1.54) is 0 Å². The van der Waals surface area contributed by atoms with Crippen LogP contribution in [0.15, 0.2) is 0 Å². The normalized spacial score (nSPS) is 13.6. The number of hydrogen-bond acceptors (Lipinski definition) is 11. The van der Waals surface area contributed by atoms with Crippen LogP contribution in [0.1, 0.15) is 85.5 Å². The Morgan fingerprint density at radius 2 is 1.23 bits per heavy atom. The third-order valence-electron chi connectivity index (χ3n) is 4.99. The van der Waals surface area contributed by atoms with E-state index in [1.54, 1.807) is 0 Å². The van der Waals surface area contributed by atoms with E-state index < -0.39 is 41.6 Å². The van der Waals surface area contributed by atoms with Crippen molar-refractivity contribution in [2.75, 3.05) is 13.2 Å².